The van der Waals surface area contributed by atoms with Crippen LogP contribution in [0.2, 0.25) is 0 Å². The fraction of sp³-hybridized carbons (Fsp3) is 0.333. The monoisotopic (exact) mass is 235 g/mol. The van der Waals surface area contributed by atoms with Gasteiger partial charge >= 0.3 is 0 Å². The van der Waals surface area contributed by atoms with E-state index < -0.39 is 0 Å². The van der Waals surface area contributed by atoms with E-state index in [1.807, 2.05) is 38.1 Å². The van der Waals surface area contributed by atoms with Crippen molar-refractivity contribution in [3.63, 3.8) is 0 Å². The van der Waals surface area contributed by atoms with Crippen LogP contribution in [-0.2, 0) is 0 Å². The highest BCUT2D eigenvalue weighted by atomic mass is 32.1. The summed E-state index contributed by atoms with van der Waals surface area (Å²) in [6.07, 6.45) is 1.74. The number of rotatable bonds is 3. The topological polar surface area (TPSA) is 36.4 Å². The second-order valence-corrected chi connectivity index (χ2v) is 4.32. The number of thiocarbonyl (C=S) groups is 1. The Kier molecular flexibility index (Phi) is 4.92. The Morgan fingerprint density at radius 2 is 1.94 bits per heavy atom. The molecule has 0 unspecified atom stereocenters. The second-order valence-electron chi connectivity index (χ2n) is 3.91. The van der Waals surface area contributed by atoms with Crippen LogP contribution in [0.5, 0.6) is 0 Å². The zero-order chi connectivity index (χ0) is 12.0. The highest BCUT2D eigenvalue weighted by Gasteiger charge is 1.94. The SMILES string of the molecule is Cc1ccc(/C=N\NC(=S)NC(C)C)cc1. The van der Waals surface area contributed by atoms with Crippen LogP contribution in [0.1, 0.15) is 25.0 Å². The summed E-state index contributed by atoms with van der Waals surface area (Å²) in [7, 11) is 0. The Bertz CT molecular complexity index is 368. The van der Waals surface area contributed by atoms with Crippen LogP contribution < -0.4 is 10.7 Å². The van der Waals surface area contributed by atoms with Crippen LogP contribution in [-0.4, -0.2) is 17.4 Å². The van der Waals surface area contributed by atoms with Crippen LogP contribution in [0, 0.1) is 6.92 Å². The molecule has 2 N–H and O–H groups in total. The fourth-order valence-electron chi connectivity index (χ4n) is 1.11. The molecular weight excluding hydrogens is 218 g/mol. The molecule has 1 aromatic carbocycles. The quantitative estimate of drug-likeness (QED) is 0.479. The van der Waals surface area contributed by atoms with E-state index in [2.05, 4.69) is 22.8 Å². The minimum absolute atomic E-state index is 0.314. The molecule has 1 aromatic rings. The van der Waals surface area contributed by atoms with Gasteiger partial charge in [0.15, 0.2) is 5.11 Å². The van der Waals surface area contributed by atoms with Crippen molar-refractivity contribution in [1.82, 2.24) is 10.7 Å². The first-order valence-electron chi connectivity index (χ1n) is 5.24. The molecule has 0 aliphatic rings. The molecular formula is C12H17N3S. The molecule has 0 aromatic heterocycles. The average molecular weight is 235 g/mol. The minimum Gasteiger partial charge on any atom is -0.359 e. The van der Waals surface area contributed by atoms with Crippen LogP contribution >= 0.6 is 12.2 Å². The number of hydrogen-bond acceptors (Lipinski definition) is 2. The van der Waals surface area contributed by atoms with E-state index in [-0.39, 0.29) is 0 Å². The third-order valence-corrected chi connectivity index (χ3v) is 2.09. The predicted octanol–water partition coefficient (Wildman–Crippen LogP) is 2.20. The summed E-state index contributed by atoms with van der Waals surface area (Å²) in [5.41, 5.74) is 5.05. The maximum absolute atomic E-state index is 5.03. The van der Waals surface area contributed by atoms with Gasteiger partial charge in [-0.1, -0.05) is 29.8 Å². The number of aryl methyl sites for hydroxylation is 1. The van der Waals surface area contributed by atoms with E-state index in [4.69, 9.17) is 12.2 Å². The normalized spacial score (nSPS) is 10.8. The van der Waals surface area contributed by atoms with Gasteiger partial charge in [-0.3, -0.25) is 5.43 Å². The maximum Gasteiger partial charge on any atom is 0.187 e. The summed E-state index contributed by atoms with van der Waals surface area (Å²) in [6, 6.07) is 8.44. The van der Waals surface area contributed by atoms with E-state index in [9.17, 15) is 0 Å². The molecule has 0 fully saturated rings. The van der Waals surface area contributed by atoms with Gasteiger partial charge in [-0.25, -0.2) is 0 Å². The third-order valence-electron chi connectivity index (χ3n) is 1.88. The summed E-state index contributed by atoms with van der Waals surface area (Å²) >= 11 is 5.03. The predicted molar refractivity (Wildman–Crippen MR) is 72.8 cm³/mol. The smallest absolute Gasteiger partial charge is 0.187 e. The zero-order valence-electron chi connectivity index (χ0n) is 9.82. The highest BCUT2D eigenvalue weighted by Crippen LogP contribution is 1.99. The Balaban J connectivity index is 2.43. The molecule has 0 atom stereocenters. The molecule has 4 heteroatoms. The molecule has 1 rings (SSSR count). The fourth-order valence-corrected chi connectivity index (χ4v) is 1.40. The van der Waals surface area contributed by atoms with Crippen molar-refractivity contribution in [2.75, 3.05) is 0 Å². The molecule has 0 aliphatic carbocycles. The van der Waals surface area contributed by atoms with Gasteiger partial charge in [-0.2, -0.15) is 5.10 Å². The zero-order valence-corrected chi connectivity index (χ0v) is 10.6. The summed E-state index contributed by atoms with van der Waals surface area (Å²) in [6.45, 7) is 6.11. The van der Waals surface area contributed by atoms with Gasteiger partial charge in [0.1, 0.15) is 0 Å². The van der Waals surface area contributed by atoms with E-state index in [0.29, 0.717) is 11.2 Å². The molecule has 0 amide bonds. The molecule has 0 saturated heterocycles. The molecule has 0 bridgehead atoms. The summed E-state index contributed by atoms with van der Waals surface area (Å²) in [5, 5.41) is 7.63. The van der Waals surface area contributed by atoms with Crippen molar-refractivity contribution in [2.45, 2.75) is 26.8 Å². The lowest BCUT2D eigenvalue weighted by molar-refractivity contribution is 0.720. The highest BCUT2D eigenvalue weighted by molar-refractivity contribution is 7.80. The number of nitrogens with zero attached hydrogens (tertiary/aromatic N) is 1. The largest absolute Gasteiger partial charge is 0.359 e. The van der Waals surface area contributed by atoms with Crippen molar-refractivity contribution >= 4 is 23.5 Å². The summed E-state index contributed by atoms with van der Waals surface area (Å²) in [4.78, 5) is 0. The molecule has 0 saturated carbocycles. The maximum atomic E-state index is 5.03. The summed E-state index contributed by atoms with van der Waals surface area (Å²) in [5.74, 6) is 0. The number of hydrogen-bond donors (Lipinski definition) is 2. The van der Waals surface area contributed by atoms with Gasteiger partial charge in [-0.15, -0.1) is 0 Å². The molecule has 86 valence electrons. The Labute approximate surface area is 102 Å². The Morgan fingerprint density at radius 1 is 1.31 bits per heavy atom. The molecule has 0 radical (unpaired) electrons. The van der Waals surface area contributed by atoms with Gasteiger partial charge in [0, 0.05) is 6.04 Å². The first-order valence-corrected chi connectivity index (χ1v) is 5.65. The average Bonchev–Trinajstić information content (AvgIpc) is 2.20. The van der Waals surface area contributed by atoms with Crippen LogP contribution in [0.25, 0.3) is 0 Å². The molecule has 0 heterocycles. The van der Waals surface area contributed by atoms with Crippen molar-refractivity contribution in [1.29, 1.82) is 0 Å². The van der Waals surface area contributed by atoms with E-state index >= 15 is 0 Å². The lowest BCUT2D eigenvalue weighted by Crippen LogP contribution is -2.36. The van der Waals surface area contributed by atoms with E-state index in [1.165, 1.54) is 5.56 Å². The lowest BCUT2D eigenvalue weighted by Gasteiger charge is -2.09. The standard InChI is InChI=1S/C12H17N3S/c1-9(2)14-12(16)15-13-8-11-6-4-10(3)5-7-11/h4-9H,1-3H3,(H2,14,15,16)/b13-8-. The first kappa shape index (κ1) is 12.6. The summed E-state index contributed by atoms with van der Waals surface area (Å²) < 4.78 is 0. The molecule has 16 heavy (non-hydrogen) atoms. The van der Waals surface area contributed by atoms with Gasteiger partial charge < -0.3 is 5.32 Å². The molecule has 3 nitrogen and oxygen atoms in total. The van der Waals surface area contributed by atoms with Crippen molar-refractivity contribution in [2.24, 2.45) is 5.10 Å². The van der Waals surface area contributed by atoms with E-state index in [1.54, 1.807) is 6.21 Å². The molecule has 0 spiro atoms. The van der Waals surface area contributed by atoms with Crippen LogP contribution in [0.3, 0.4) is 0 Å². The lowest BCUT2D eigenvalue weighted by atomic mass is 10.2. The molecule has 0 aliphatic heterocycles. The van der Waals surface area contributed by atoms with Gasteiger partial charge in [0.05, 0.1) is 6.21 Å². The number of nitrogens with one attached hydrogen (secondary N) is 2. The first-order chi connectivity index (χ1) is 7.58. The van der Waals surface area contributed by atoms with Gasteiger partial charge in [0.2, 0.25) is 0 Å². The third kappa shape index (κ3) is 4.89. The van der Waals surface area contributed by atoms with E-state index in [0.717, 1.165) is 5.56 Å². The van der Waals surface area contributed by atoms with Crippen LogP contribution in [0.4, 0.5) is 0 Å². The van der Waals surface area contributed by atoms with Gasteiger partial charge in [-0.05, 0) is 38.6 Å². The van der Waals surface area contributed by atoms with Gasteiger partial charge in [0.25, 0.3) is 0 Å². The Hall–Kier alpha value is -1.42. The Morgan fingerprint density at radius 3 is 2.50 bits per heavy atom. The van der Waals surface area contributed by atoms with Crippen molar-refractivity contribution in [3.8, 4) is 0 Å². The minimum atomic E-state index is 0.314. The van der Waals surface area contributed by atoms with Crippen molar-refractivity contribution in [3.05, 3.63) is 35.4 Å². The van der Waals surface area contributed by atoms with Crippen LogP contribution in [0.15, 0.2) is 29.4 Å². The van der Waals surface area contributed by atoms with Crippen molar-refractivity contribution < 1.29 is 0 Å². The number of hydrazone groups is 1. The second kappa shape index (κ2) is 6.23. The number of benzene rings is 1.